The summed E-state index contributed by atoms with van der Waals surface area (Å²) in [6.07, 6.45) is 8.59. The Bertz CT molecular complexity index is 450. The molecule has 0 unspecified atom stereocenters. The Morgan fingerprint density at radius 3 is 2.94 bits per heavy atom. The lowest BCUT2D eigenvalue weighted by Gasteiger charge is -2.19. The maximum Gasteiger partial charge on any atom is 0.328 e. The van der Waals surface area contributed by atoms with Gasteiger partial charge in [-0.3, -0.25) is 0 Å². The lowest BCUT2D eigenvalue weighted by Crippen LogP contribution is -2.11. The first-order valence-electron chi connectivity index (χ1n) is 5.86. The van der Waals surface area contributed by atoms with Crippen LogP contribution in [0.1, 0.15) is 37.9 Å². The predicted octanol–water partition coefficient (Wildman–Crippen LogP) is 3.71. The van der Waals surface area contributed by atoms with E-state index in [2.05, 4.69) is 27.4 Å². The van der Waals surface area contributed by atoms with Crippen molar-refractivity contribution in [3.63, 3.8) is 0 Å². The first-order valence-corrected chi connectivity index (χ1v) is 6.65. The summed E-state index contributed by atoms with van der Waals surface area (Å²) in [6, 6.07) is 2.46. The average Bonchev–Trinajstić information content (AvgIpc) is 2.81. The van der Waals surface area contributed by atoms with Crippen molar-refractivity contribution in [2.24, 2.45) is 5.92 Å². The van der Waals surface area contributed by atoms with Gasteiger partial charge >= 0.3 is 5.97 Å². The molecule has 0 spiro atoms. The first-order chi connectivity index (χ1) is 8.08. The molecule has 1 fully saturated rings. The Morgan fingerprint density at radius 1 is 1.59 bits per heavy atom. The number of hydrogen-bond acceptors (Lipinski definition) is 1. The molecule has 0 aliphatic heterocycles. The van der Waals surface area contributed by atoms with E-state index < -0.39 is 5.97 Å². The second kappa shape index (κ2) is 5.08. The molecule has 0 aromatic carbocycles. The topological polar surface area (TPSA) is 42.2 Å². The van der Waals surface area contributed by atoms with E-state index in [-0.39, 0.29) is 0 Å². The third-order valence-electron chi connectivity index (χ3n) is 3.42. The van der Waals surface area contributed by atoms with Crippen molar-refractivity contribution in [2.45, 2.75) is 32.2 Å². The molecule has 17 heavy (non-hydrogen) atoms. The molecule has 0 bridgehead atoms. The van der Waals surface area contributed by atoms with Crippen LogP contribution in [0.25, 0.3) is 6.08 Å². The highest BCUT2D eigenvalue weighted by atomic mass is 79.9. The molecule has 0 saturated heterocycles. The standard InChI is InChI=1S/C13H16BrNO2/c1-9-3-2-4-12(9)15-8-10(14)7-11(15)5-6-13(16)17/h5-9,12H,2-4H2,1H3,(H,16,17)/b6-5+/t9-,12+/m1/s1. The maximum absolute atomic E-state index is 10.6. The smallest absolute Gasteiger partial charge is 0.328 e. The third-order valence-corrected chi connectivity index (χ3v) is 3.85. The van der Waals surface area contributed by atoms with E-state index >= 15 is 0 Å². The number of carboxylic acid groups (broad SMARTS) is 1. The van der Waals surface area contributed by atoms with Gasteiger partial charge in [0.25, 0.3) is 0 Å². The summed E-state index contributed by atoms with van der Waals surface area (Å²) in [5, 5.41) is 8.68. The van der Waals surface area contributed by atoms with Gasteiger partial charge in [-0.15, -0.1) is 0 Å². The van der Waals surface area contributed by atoms with Crippen molar-refractivity contribution in [1.82, 2.24) is 4.57 Å². The van der Waals surface area contributed by atoms with Crippen LogP contribution >= 0.6 is 15.9 Å². The quantitative estimate of drug-likeness (QED) is 0.864. The first kappa shape index (κ1) is 12.4. The highest BCUT2D eigenvalue weighted by Gasteiger charge is 2.25. The Hall–Kier alpha value is -1.03. The summed E-state index contributed by atoms with van der Waals surface area (Å²) in [7, 11) is 0. The van der Waals surface area contributed by atoms with Crippen molar-refractivity contribution >= 4 is 28.0 Å². The molecule has 2 atom stereocenters. The summed E-state index contributed by atoms with van der Waals surface area (Å²) in [5.41, 5.74) is 0.957. The van der Waals surface area contributed by atoms with Crippen LogP contribution in [-0.4, -0.2) is 15.6 Å². The molecule has 0 radical (unpaired) electrons. The molecule has 4 heteroatoms. The number of aromatic nitrogens is 1. The summed E-state index contributed by atoms with van der Waals surface area (Å²) in [4.78, 5) is 10.6. The number of aliphatic carboxylic acids is 1. The summed E-state index contributed by atoms with van der Waals surface area (Å²) >= 11 is 3.45. The minimum Gasteiger partial charge on any atom is -0.478 e. The normalized spacial score (nSPS) is 24.6. The number of nitrogens with zero attached hydrogens (tertiary/aromatic N) is 1. The van der Waals surface area contributed by atoms with E-state index in [9.17, 15) is 4.79 Å². The van der Waals surface area contributed by atoms with Gasteiger partial charge in [-0.05, 0) is 46.8 Å². The van der Waals surface area contributed by atoms with E-state index in [1.807, 2.05) is 12.3 Å². The van der Waals surface area contributed by atoms with Crippen molar-refractivity contribution in [2.75, 3.05) is 0 Å². The molecule has 92 valence electrons. The second-order valence-corrected chi connectivity index (χ2v) is 5.55. The minimum absolute atomic E-state index is 0.495. The van der Waals surface area contributed by atoms with Gasteiger partial charge in [0.15, 0.2) is 0 Å². The van der Waals surface area contributed by atoms with Crippen molar-refractivity contribution < 1.29 is 9.90 Å². The van der Waals surface area contributed by atoms with Crippen molar-refractivity contribution in [3.8, 4) is 0 Å². The molecule has 1 aromatic rings. The molecule has 1 aliphatic rings. The fourth-order valence-electron chi connectivity index (χ4n) is 2.58. The van der Waals surface area contributed by atoms with Gasteiger partial charge in [0.05, 0.1) is 0 Å². The largest absolute Gasteiger partial charge is 0.478 e. The number of carbonyl (C=O) groups is 1. The zero-order chi connectivity index (χ0) is 12.4. The lowest BCUT2D eigenvalue weighted by molar-refractivity contribution is -0.131. The summed E-state index contributed by atoms with van der Waals surface area (Å²) in [6.45, 7) is 2.26. The number of carboxylic acids is 1. The highest BCUT2D eigenvalue weighted by molar-refractivity contribution is 9.10. The zero-order valence-corrected chi connectivity index (χ0v) is 11.4. The fraction of sp³-hybridized carbons (Fsp3) is 0.462. The van der Waals surface area contributed by atoms with Gasteiger partial charge in [-0.2, -0.15) is 0 Å². The Morgan fingerprint density at radius 2 is 2.35 bits per heavy atom. The third kappa shape index (κ3) is 2.80. The van der Waals surface area contributed by atoms with Crippen LogP contribution in [0.2, 0.25) is 0 Å². The predicted molar refractivity (Wildman–Crippen MR) is 70.9 cm³/mol. The van der Waals surface area contributed by atoms with Crippen LogP contribution in [0.5, 0.6) is 0 Å². The Labute approximate surface area is 109 Å². The van der Waals surface area contributed by atoms with Crippen LogP contribution in [0.4, 0.5) is 0 Å². The van der Waals surface area contributed by atoms with Crippen LogP contribution < -0.4 is 0 Å². The fourth-order valence-corrected chi connectivity index (χ4v) is 3.03. The van der Waals surface area contributed by atoms with Crippen molar-refractivity contribution in [3.05, 3.63) is 28.5 Å². The zero-order valence-electron chi connectivity index (χ0n) is 9.77. The maximum atomic E-state index is 10.6. The van der Waals surface area contributed by atoms with E-state index in [0.717, 1.165) is 10.2 Å². The lowest BCUT2D eigenvalue weighted by atomic mass is 10.1. The summed E-state index contributed by atoms with van der Waals surface area (Å²) in [5.74, 6) is -0.250. The van der Waals surface area contributed by atoms with Crippen molar-refractivity contribution in [1.29, 1.82) is 0 Å². The molecule has 1 aromatic heterocycles. The molecular formula is C13H16BrNO2. The van der Waals surface area contributed by atoms with Gasteiger partial charge in [0, 0.05) is 28.5 Å². The average molecular weight is 298 g/mol. The molecule has 1 heterocycles. The molecule has 1 saturated carbocycles. The van der Waals surface area contributed by atoms with E-state index in [1.54, 1.807) is 6.08 Å². The molecular weight excluding hydrogens is 282 g/mol. The van der Waals surface area contributed by atoms with Gasteiger partial charge in [-0.1, -0.05) is 13.3 Å². The number of halogens is 1. The van der Waals surface area contributed by atoms with Crippen LogP contribution in [-0.2, 0) is 4.79 Å². The highest BCUT2D eigenvalue weighted by Crippen LogP contribution is 2.37. The van der Waals surface area contributed by atoms with E-state index in [4.69, 9.17) is 5.11 Å². The second-order valence-electron chi connectivity index (χ2n) is 4.64. The minimum atomic E-state index is -0.909. The summed E-state index contributed by atoms with van der Waals surface area (Å²) < 4.78 is 3.20. The van der Waals surface area contributed by atoms with Crippen LogP contribution in [0.15, 0.2) is 22.8 Å². The van der Waals surface area contributed by atoms with Gasteiger partial charge in [0.1, 0.15) is 0 Å². The molecule has 0 amide bonds. The van der Waals surface area contributed by atoms with Crippen LogP contribution in [0, 0.1) is 5.92 Å². The monoisotopic (exact) mass is 297 g/mol. The van der Waals surface area contributed by atoms with E-state index in [0.29, 0.717) is 12.0 Å². The molecule has 1 N–H and O–H groups in total. The van der Waals surface area contributed by atoms with Gasteiger partial charge in [-0.25, -0.2) is 4.79 Å². The van der Waals surface area contributed by atoms with Crippen LogP contribution in [0.3, 0.4) is 0 Å². The number of rotatable bonds is 3. The Balaban J connectivity index is 2.30. The molecule has 2 rings (SSSR count). The van der Waals surface area contributed by atoms with E-state index in [1.165, 1.54) is 25.3 Å². The molecule has 3 nitrogen and oxygen atoms in total. The molecule has 1 aliphatic carbocycles. The Kier molecular flexibility index (Phi) is 3.72. The van der Waals surface area contributed by atoms with Gasteiger partial charge in [0.2, 0.25) is 0 Å². The number of hydrogen-bond donors (Lipinski definition) is 1. The van der Waals surface area contributed by atoms with Gasteiger partial charge < -0.3 is 9.67 Å². The SMILES string of the molecule is C[C@@H]1CCC[C@@H]1n1cc(Br)cc1/C=C/C(=O)O.